The number of hydrogen-bond acceptors (Lipinski definition) is 3. The van der Waals surface area contributed by atoms with E-state index in [0.29, 0.717) is 6.42 Å². The number of Topliss-reactive ketones (excluding diaryl/α,β-unsaturated/α-hetero) is 1. The Kier molecular flexibility index (Phi) is 13.6. The monoisotopic (exact) mass is 259 g/mol. The molecular weight excluding hydrogens is 234 g/mol. The van der Waals surface area contributed by atoms with Gasteiger partial charge in [-0.15, -0.1) is 0 Å². The Bertz CT molecular complexity index is 242. The molecule has 2 radical (unpaired) electrons. The molecule has 0 fully saturated rings. The molecule has 0 aliphatic heterocycles. The van der Waals surface area contributed by atoms with Crippen molar-refractivity contribution in [2.24, 2.45) is 5.92 Å². The number of carbonyl (C=O) groups is 2. The summed E-state index contributed by atoms with van der Waals surface area (Å²) in [5, 5.41) is 17.7. The molecule has 0 saturated heterocycles. The number of hydrogen-bond donors (Lipinski definition) is 4. The molecule has 2 unspecified atom stereocenters. The molecule has 8 heteroatoms. The predicted octanol–water partition coefficient (Wildman–Crippen LogP) is -3.90. The standard InChI is InChI=1S/C10H20N2O4.B2H3/c11-4-2-1-3-7(10(15)16)5-9(14)8(12)6-13;1-2/h7-8,13H,1-6,11-12H2,(H,15,16);1H3/q;-1/p+2. The fraction of sp³-hybridized carbons (Fsp3) is 0.800. The Morgan fingerprint density at radius 1 is 1.28 bits per heavy atom. The van der Waals surface area contributed by atoms with Crippen LogP contribution in [0.2, 0.25) is 0 Å². The third kappa shape index (κ3) is 9.21. The van der Waals surface area contributed by atoms with E-state index in [-0.39, 0.29) is 26.5 Å². The maximum absolute atomic E-state index is 11.4. The minimum atomic E-state index is -0.956. The SMILES string of the molecule is [B][BH3-].[NH3+]CCCCC(CC(=O)C([NH3+])CO)C(=O)O. The molecule has 6 nitrogen and oxygen atoms in total. The molecule has 0 aliphatic rings. The van der Waals surface area contributed by atoms with Gasteiger partial charge >= 0.3 is 5.97 Å². The first kappa shape index (κ1) is 19.5. The molecule has 0 aromatic heterocycles. The molecule has 0 aromatic carbocycles. The summed E-state index contributed by atoms with van der Waals surface area (Å²) in [5.74, 6) is -1.90. The van der Waals surface area contributed by atoms with Crippen LogP contribution in [0.4, 0.5) is 0 Å². The van der Waals surface area contributed by atoms with E-state index in [4.69, 9.17) is 18.0 Å². The van der Waals surface area contributed by atoms with Crippen LogP contribution in [0.15, 0.2) is 0 Å². The van der Waals surface area contributed by atoms with E-state index in [1.807, 2.05) is 0 Å². The van der Waals surface area contributed by atoms with E-state index >= 15 is 0 Å². The average molecular weight is 259 g/mol. The van der Waals surface area contributed by atoms with Crippen molar-refractivity contribution < 1.29 is 31.3 Å². The topological polar surface area (TPSA) is 130 Å². The zero-order chi connectivity index (χ0) is 14.6. The second kappa shape index (κ2) is 12.6. The van der Waals surface area contributed by atoms with Gasteiger partial charge in [0, 0.05) is 6.42 Å². The molecule has 0 rings (SSSR count). The maximum atomic E-state index is 11.4. The smallest absolute Gasteiger partial charge is 0.306 e. The highest BCUT2D eigenvalue weighted by atomic mass is 16.4. The van der Waals surface area contributed by atoms with Crippen LogP contribution in [-0.4, -0.2) is 56.6 Å². The first-order valence-corrected chi connectivity index (χ1v) is 5.51. The molecule has 0 amide bonds. The van der Waals surface area contributed by atoms with Crippen molar-refractivity contribution in [3.8, 4) is 0 Å². The number of aliphatic carboxylic acids is 1. The Morgan fingerprint density at radius 2 is 1.83 bits per heavy atom. The molecule has 0 bridgehead atoms. The summed E-state index contributed by atoms with van der Waals surface area (Å²) in [6.07, 6.45) is 2.07. The molecule has 0 spiro atoms. The summed E-state index contributed by atoms with van der Waals surface area (Å²) in [7, 11) is 5.00. The highest BCUT2D eigenvalue weighted by Crippen LogP contribution is 2.13. The minimum absolute atomic E-state index is 0.0405. The third-order valence-electron chi connectivity index (χ3n) is 2.53. The molecule has 2 atom stereocenters. The molecule has 0 aromatic rings. The van der Waals surface area contributed by atoms with Gasteiger partial charge in [0.2, 0.25) is 0 Å². The fourth-order valence-electron chi connectivity index (χ4n) is 1.39. The number of aliphatic hydroxyl groups is 1. The molecule has 0 heterocycles. The van der Waals surface area contributed by atoms with E-state index in [9.17, 15) is 9.59 Å². The molecule has 8 N–H and O–H groups in total. The van der Waals surface area contributed by atoms with Crippen LogP contribution in [0.25, 0.3) is 0 Å². The van der Waals surface area contributed by atoms with Crippen molar-refractivity contribution >= 4 is 27.2 Å². The minimum Gasteiger partial charge on any atom is -0.481 e. The lowest BCUT2D eigenvalue weighted by molar-refractivity contribution is -0.408. The first-order chi connectivity index (χ1) is 8.52. The summed E-state index contributed by atoms with van der Waals surface area (Å²) < 4.78 is 0. The summed E-state index contributed by atoms with van der Waals surface area (Å²) in [4.78, 5) is 22.3. The van der Waals surface area contributed by atoms with Gasteiger partial charge in [-0.25, -0.2) is 0 Å². The second-order valence-electron chi connectivity index (χ2n) is 3.93. The van der Waals surface area contributed by atoms with Gasteiger partial charge in [-0.1, -0.05) is 7.74 Å². The Morgan fingerprint density at radius 3 is 2.22 bits per heavy atom. The summed E-state index contributed by atoms with van der Waals surface area (Å²) >= 11 is 0. The van der Waals surface area contributed by atoms with Crippen molar-refractivity contribution in [1.29, 1.82) is 0 Å². The maximum Gasteiger partial charge on any atom is 0.306 e. The highest BCUT2D eigenvalue weighted by Gasteiger charge is 2.25. The van der Waals surface area contributed by atoms with Gasteiger partial charge in [-0.3, -0.25) is 9.59 Å². The number of carboxylic acid groups (broad SMARTS) is 1. The van der Waals surface area contributed by atoms with Gasteiger partial charge in [-0.05, 0) is 19.3 Å². The Balaban J connectivity index is 0. The van der Waals surface area contributed by atoms with Crippen LogP contribution in [-0.2, 0) is 9.59 Å². The normalized spacial score (nSPS) is 13.1. The van der Waals surface area contributed by atoms with Crippen molar-refractivity contribution in [2.75, 3.05) is 13.2 Å². The molecular formula is C10H25B2N2O4+. The van der Waals surface area contributed by atoms with Crippen molar-refractivity contribution in [3.63, 3.8) is 0 Å². The zero-order valence-electron chi connectivity index (χ0n) is 10.1. The number of quaternary nitrogens is 2. The van der Waals surface area contributed by atoms with E-state index in [2.05, 4.69) is 11.5 Å². The summed E-state index contributed by atoms with van der Waals surface area (Å²) in [5.41, 5.74) is 7.14. The second-order valence-corrected chi connectivity index (χ2v) is 3.93. The third-order valence-corrected chi connectivity index (χ3v) is 2.53. The van der Waals surface area contributed by atoms with Gasteiger partial charge in [-0.2, -0.15) is 7.74 Å². The predicted molar refractivity (Wildman–Crippen MR) is 71.8 cm³/mol. The molecule has 104 valence electrons. The van der Waals surface area contributed by atoms with Gasteiger partial charge < -0.3 is 21.7 Å². The molecule has 0 saturated carbocycles. The van der Waals surface area contributed by atoms with Crippen LogP contribution in [0.3, 0.4) is 0 Å². The van der Waals surface area contributed by atoms with Gasteiger partial charge in [0.1, 0.15) is 6.61 Å². The van der Waals surface area contributed by atoms with Crippen molar-refractivity contribution in [1.82, 2.24) is 0 Å². The molecule has 18 heavy (non-hydrogen) atoms. The average Bonchev–Trinajstić information content (AvgIpc) is 2.38. The number of carboxylic acids is 1. The summed E-state index contributed by atoms with van der Waals surface area (Å²) in [6, 6.07) is -0.713. The van der Waals surface area contributed by atoms with Crippen molar-refractivity contribution in [2.45, 2.75) is 31.7 Å². The number of ketones is 1. The van der Waals surface area contributed by atoms with E-state index in [0.717, 1.165) is 19.4 Å². The van der Waals surface area contributed by atoms with Gasteiger partial charge in [0.25, 0.3) is 0 Å². The van der Waals surface area contributed by atoms with Crippen molar-refractivity contribution in [3.05, 3.63) is 0 Å². The zero-order valence-corrected chi connectivity index (χ0v) is 10.1. The summed E-state index contributed by atoms with van der Waals surface area (Å²) in [6.45, 7) is 0.443. The van der Waals surface area contributed by atoms with Crippen LogP contribution >= 0.6 is 0 Å². The fourth-order valence-corrected chi connectivity index (χ4v) is 1.39. The number of rotatable bonds is 9. The van der Waals surface area contributed by atoms with E-state index in [1.54, 1.807) is 0 Å². The lowest BCUT2D eigenvalue weighted by Crippen LogP contribution is -2.67. The Labute approximate surface area is 110 Å². The first-order valence-electron chi connectivity index (χ1n) is 5.51. The highest BCUT2D eigenvalue weighted by molar-refractivity contribution is 6.75. The van der Waals surface area contributed by atoms with Crippen LogP contribution in [0, 0.1) is 5.92 Å². The lowest BCUT2D eigenvalue weighted by Gasteiger charge is -2.11. The number of unbranched alkanes of at least 4 members (excludes halogenated alkanes) is 1. The number of aliphatic hydroxyl groups excluding tert-OH is 1. The quantitative estimate of drug-likeness (QED) is 0.249. The van der Waals surface area contributed by atoms with Crippen LogP contribution < -0.4 is 11.5 Å². The van der Waals surface area contributed by atoms with Gasteiger partial charge in [0.05, 0.1) is 12.5 Å². The van der Waals surface area contributed by atoms with Crippen LogP contribution in [0.1, 0.15) is 25.7 Å². The van der Waals surface area contributed by atoms with E-state index in [1.165, 1.54) is 0 Å². The van der Waals surface area contributed by atoms with Crippen LogP contribution in [0.5, 0.6) is 0 Å². The molecule has 0 aliphatic carbocycles. The Hall–Kier alpha value is -0.850. The van der Waals surface area contributed by atoms with E-state index < -0.39 is 17.9 Å². The van der Waals surface area contributed by atoms with Gasteiger partial charge in [0.15, 0.2) is 11.8 Å². The number of carbonyl (C=O) groups excluding carboxylic acids is 1. The lowest BCUT2D eigenvalue weighted by atomic mass is 9.81. The largest absolute Gasteiger partial charge is 0.481 e.